The molecule has 0 saturated carbocycles. The second kappa shape index (κ2) is 14.8. The predicted octanol–water partition coefficient (Wildman–Crippen LogP) is 5.39. The summed E-state index contributed by atoms with van der Waals surface area (Å²) in [6, 6.07) is 23.6. The maximum absolute atomic E-state index is 13.5. The zero-order valence-electron chi connectivity index (χ0n) is 25.7. The van der Waals surface area contributed by atoms with E-state index in [9.17, 15) is 19.2 Å². The summed E-state index contributed by atoms with van der Waals surface area (Å²) in [7, 11) is 0. The Hall–Kier alpha value is -4.54. The second-order valence-corrected chi connectivity index (χ2v) is 11.8. The van der Waals surface area contributed by atoms with Gasteiger partial charge in [-0.3, -0.25) is 9.59 Å². The fraction of sp³-hybridized carbons (Fsp3) is 0.353. The number of hydrogen-bond acceptors (Lipinski definition) is 7. The van der Waals surface area contributed by atoms with Crippen molar-refractivity contribution >= 4 is 29.9 Å². The van der Waals surface area contributed by atoms with Gasteiger partial charge < -0.3 is 24.5 Å². The standard InChI is InChI=1S/C34H40N4O6/c1-25(19-31(40)36(17-18-39)24-43-23-26-11-7-5-8-12-26)38(33(42)44-34(2,3)4)37-21-28-15-16-30(20-29(28)22-37)35-32(41)27-13-9-6-10-14-27/h5-16,18,20,25H,17,19,21-24H2,1-4H3,(H,35,41). The van der Waals surface area contributed by atoms with Crippen molar-refractivity contribution in [3.05, 3.63) is 101 Å². The molecule has 0 aromatic heterocycles. The summed E-state index contributed by atoms with van der Waals surface area (Å²) in [5, 5.41) is 6.26. The highest BCUT2D eigenvalue weighted by molar-refractivity contribution is 6.04. The van der Waals surface area contributed by atoms with Crippen LogP contribution >= 0.6 is 0 Å². The SMILES string of the molecule is CC(CC(=O)N(CC=O)COCc1ccccc1)N(C(=O)OC(C)(C)C)N1Cc2ccc(NC(=O)c3ccccc3)cc2C1. The minimum Gasteiger partial charge on any atom is -0.443 e. The van der Waals surface area contributed by atoms with Crippen LogP contribution in [0.5, 0.6) is 0 Å². The zero-order chi connectivity index (χ0) is 31.7. The molecule has 44 heavy (non-hydrogen) atoms. The normalized spacial score (nSPS) is 13.5. The molecule has 1 aliphatic rings. The Kier molecular flexibility index (Phi) is 10.9. The van der Waals surface area contributed by atoms with Gasteiger partial charge in [-0.05, 0) is 68.7 Å². The number of aldehydes is 1. The Morgan fingerprint density at radius 3 is 2.27 bits per heavy atom. The number of amides is 3. The summed E-state index contributed by atoms with van der Waals surface area (Å²) in [5.74, 6) is -0.538. The van der Waals surface area contributed by atoms with Gasteiger partial charge in [-0.15, -0.1) is 0 Å². The second-order valence-electron chi connectivity index (χ2n) is 11.8. The van der Waals surface area contributed by atoms with Gasteiger partial charge in [0.1, 0.15) is 18.6 Å². The molecule has 0 radical (unpaired) electrons. The Labute approximate surface area is 258 Å². The molecule has 3 aromatic carbocycles. The molecule has 0 spiro atoms. The Morgan fingerprint density at radius 1 is 0.955 bits per heavy atom. The molecule has 232 valence electrons. The van der Waals surface area contributed by atoms with Crippen LogP contribution in [0.4, 0.5) is 10.5 Å². The summed E-state index contributed by atoms with van der Waals surface area (Å²) in [4.78, 5) is 52.3. The van der Waals surface area contributed by atoms with E-state index in [1.807, 2.05) is 71.7 Å². The maximum Gasteiger partial charge on any atom is 0.425 e. The van der Waals surface area contributed by atoms with Gasteiger partial charge in [-0.1, -0.05) is 54.6 Å². The van der Waals surface area contributed by atoms with Crippen molar-refractivity contribution in [2.24, 2.45) is 0 Å². The molecule has 3 amide bonds. The predicted molar refractivity (Wildman–Crippen MR) is 166 cm³/mol. The highest BCUT2D eigenvalue weighted by atomic mass is 16.6. The average molecular weight is 601 g/mol. The molecule has 0 aliphatic carbocycles. The highest BCUT2D eigenvalue weighted by Crippen LogP contribution is 2.30. The number of ether oxygens (including phenoxy) is 2. The van der Waals surface area contributed by atoms with Gasteiger partial charge >= 0.3 is 6.09 Å². The van der Waals surface area contributed by atoms with Gasteiger partial charge in [0, 0.05) is 30.8 Å². The number of hydrazine groups is 1. The van der Waals surface area contributed by atoms with Crippen LogP contribution < -0.4 is 5.32 Å². The summed E-state index contributed by atoms with van der Waals surface area (Å²) in [5.41, 5.74) is 3.33. The molecule has 10 nitrogen and oxygen atoms in total. The van der Waals surface area contributed by atoms with Crippen molar-refractivity contribution in [3.63, 3.8) is 0 Å². The molecule has 10 heteroatoms. The van der Waals surface area contributed by atoms with E-state index in [1.54, 1.807) is 39.8 Å². The number of nitrogens with one attached hydrogen (secondary N) is 1. The van der Waals surface area contributed by atoms with Crippen molar-refractivity contribution < 1.29 is 28.7 Å². The molecule has 1 aliphatic heterocycles. The number of nitrogens with zero attached hydrogens (tertiary/aromatic N) is 3. The van der Waals surface area contributed by atoms with Crippen molar-refractivity contribution in [2.75, 3.05) is 18.6 Å². The third kappa shape index (κ3) is 8.98. The smallest absolute Gasteiger partial charge is 0.425 e. The van der Waals surface area contributed by atoms with Gasteiger partial charge in [0.05, 0.1) is 19.2 Å². The van der Waals surface area contributed by atoms with E-state index in [-0.39, 0.29) is 31.5 Å². The van der Waals surface area contributed by atoms with Gasteiger partial charge in [-0.25, -0.2) is 14.8 Å². The fourth-order valence-corrected chi connectivity index (χ4v) is 4.92. The third-order valence-corrected chi connectivity index (χ3v) is 6.98. The summed E-state index contributed by atoms with van der Waals surface area (Å²) in [6.07, 6.45) is 0.0312. The molecule has 1 heterocycles. The molecular weight excluding hydrogens is 560 g/mol. The van der Waals surface area contributed by atoms with Gasteiger partial charge in [0.15, 0.2) is 0 Å². The minimum atomic E-state index is -0.755. The van der Waals surface area contributed by atoms with Gasteiger partial charge in [-0.2, -0.15) is 0 Å². The van der Waals surface area contributed by atoms with Gasteiger partial charge in [0.2, 0.25) is 5.91 Å². The summed E-state index contributed by atoms with van der Waals surface area (Å²) < 4.78 is 11.5. The lowest BCUT2D eigenvalue weighted by Gasteiger charge is -2.37. The van der Waals surface area contributed by atoms with E-state index in [2.05, 4.69) is 5.32 Å². The van der Waals surface area contributed by atoms with Crippen LogP contribution in [0.15, 0.2) is 78.9 Å². The first kappa shape index (κ1) is 32.4. The van der Waals surface area contributed by atoms with Crippen molar-refractivity contribution in [1.82, 2.24) is 14.9 Å². The first-order chi connectivity index (χ1) is 21.0. The molecule has 0 saturated heterocycles. The number of carbonyl (C=O) groups excluding carboxylic acids is 4. The first-order valence-electron chi connectivity index (χ1n) is 14.6. The van der Waals surface area contributed by atoms with E-state index < -0.39 is 17.7 Å². The topological polar surface area (TPSA) is 108 Å². The Balaban J connectivity index is 1.45. The lowest BCUT2D eigenvalue weighted by molar-refractivity contribution is -0.142. The molecule has 0 bridgehead atoms. The number of anilines is 1. The quantitative estimate of drug-likeness (QED) is 0.219. The molecule has 3 aromatic rings. The van der Waals surface area contributed by atoms with E-state index in [0.717, 1.165) is 16.7 Å². The molecule has 1 N–H and O–H groups in total. The summed E-state index contributed by atoms with van der Waals surface area (Å²) in [6.45, 7) is 8.04. The molecule has 4 rings (SSSR count). The van der Waals surface area contributed by atoms with Crippen LogP contribution in [0.3, 0.4) is 0 Å². The Bertz CT molecular complexity index is 1440. The van der Waals surface area contributed by atoms with Crippen LogP contribution in [-0.2, 0) is 38.8 Å². The highest BCUT2D eigenvalue weighted by Gasteiger charge is 2.36. The van der Waals surface area contributed by atoms with E-state index in [1.165, 1.54) is 9.91 Å². The number of rotatable bonds is 12. The van der Waals surface area contributed by atoms with E-state index in [0.29, 0.717) is 37.2 Å². The Morgan fingerprint density at radius 2 is 1.61 bits per heavy atom. The summed E-state index contributed by atoms with van der Waals surface area (Å²) >= 11 is 0. The van der Waals surface area contributed by atoms with Crippen LogP contribution in [0.1, 0.15) is 61.2 Å². The number of fused-ring (bicyclic) bond motifs is 1. The third-order valence-electron chi connectivity index (χ3n) is 6.98. The first-order valence-corrected chi connectivity index (χ1v) is 14.6. The van der Waals surface area contributed by atoms with Crippen molar-refractivity contribution in [1.29, 1.82) is 0 Å². The zero-order valence-corrected chi connectivity index (χ0v) is 25.7. The van der Waals surface area contributed by atoms with Gasteiger partial charge in [0.25, 0.3) is 5.91 Å². The lowest BCUT2D eigenvalue weighted by atomic mass is 10.1. The number of benzene rings is 3. The fourth-order valence-electron chi connectivity index (χ4n) is 4.92. The van der Waals surface area contributed by atoms with Crippen LogP contribution in [0, 0.1) is 0 Å². The maximum atomic E-state index is 13.5. The largest absolute Gasteiger partial charge is 0.443 e. The van der Waals surface area contributed by atoms with Crippen LogP contribution in [-0.4, -0.2) is 64.0 Å². The monoisotopic (exact) mass is 600 g/mol. The number of carbonyl (C=O) groups is 4. The van der Waals surface area contributed by atoms with E-state index in [4.69, 9.17) is 9.47 Å². The van der Waals surface area contributed by atoms with E-state index >= 15 is 0 Å². The molecular formula is C34H40N4O6. The molecule has 1 unspecified atom stereocenters. The number of hydrogen-bond donors (Lipinski definition) is 1. The molecule has 1 atom stereocenters. The molecule has 0 fully saturated rings. The van der Waals surface area contributed by atoms with Crippen LogP contribution in [0.25, 0.3) is 0 Å². The van der Waals surface area contributed by atoms with Crippen molar-refractivity contribution in [3.8, 4) is 0 Å². The lowest BCUT2D eigenvalue weighted by Crippen LogP contribution is -2.52. The average Bonchev–Trinajstić information content (AvgIpc) is 3.39. The van der Waals surface area contributed by atoms with Crippen molar-refractivity contribution in [2.45, 2.75) is 65.5 Å². The van der Waals surface area contributed by atoms with Crippen LogP contribution in [0.2, 0.25) is 0 Å². The minimum absolute atomic E-state index is 0.0486.